The van der Waals surface area contributed by atoms with Crippen molar-refractivity contribution >= 4 is 0 Å². The molecule has 0 bridgehead atoms. The molecule has 0 N–H and O–H groups in total. The summed E-state index contributed by atoms with van der Waals surface area (Å²) in [5, 5.41) is 0. The maximum absolute atomic E-state index is 2.20. The van der Waals surface area contributed by atoms with Crippen LogP contribution in [0.5, 0.6) is 0 Å². The molecule has 0 atom stereocenters. The average Bonchev–Trinajstić information content (AvgIpc) is 2.07. The Kier molecular flexibility index (Phi) is 4.07. The molecule has 0 amide bonds. The summed E-state index contributed by atoms with van der Waals surface area (Å²) in [5.74, 6) is 0. The van der Waals surface area contributed by atoms with Crippen molar-refractivity contribution in [2.45, 2.75) is 34.6 Å². The van der Waals surface area contributed by atoms with Gasteiger partial charge in [-0.15, -0.1) is 0 Å². The summed E-state index contributed by atoms with van der Waals surface area (Å²) in [7, 11) is 0. The predicted molar refractivity (Wildman–Crippen MR) is 45.7 cm³/mol. The normalized spacial score (nSPS) is 9.55. The van der Waals surface area contributed by atoms with Crippen LogP contribution in [0.2, 0.25) is 0 Å². The molecule has 59 valence electrons. The molecule has 0 aliphatic rings. The van der Waals surface area contributed by atoms with Gasteiger partial charge >= 0.3 is 0 Å². The Hall–Kier alpha value is 0.454. The van der Waals surface area contributed by atoms with E-state index in [4.69, 9.17) is 0 Å². The van der Waals surface area contributed by atoms with Crippen LogP contribution in [0.15, 0.2) is 0 Å². The summed E-state index contributed by atoms with van der Waals surface area (Å²) in [6, 6.07) is 0. The third-order valence-corrected chi connectivity index (χ3v) is 2.81. The van der Waals surface area contributed by atoms with Crippen LogP contribution >= 0.6 is 0 Å². The second kappa shape index (κ2) is 3.91. The summed E-state index contributed by atoms with van der Waals surface area (Å²) < 4.78 is 0. The van der Waals surface area contributed by atoms with Gasteiger partial charge in [0.25, 0.3) is 0 Å². The molecule has 11 heavy (non-hydrogen) atoms. The van der Waals surface area contributed by atoms with Gasteiger partial charge in [0, 0.05) is 32.7 Å². The van der Waals surface area contributed by atoms with Crippen molar-refractivity contribution in [2.75, 3.05) is 0 Å². The first-order chi connectivity index (χ1) is 4.55. The number of rotatable bonds is 0. The Morgan fingerprint density at radius 1 is 0.818 bits per heavy atom. The van der Waals surface area contributed by atoms with Gasteiger partial charge in [0.1, 0.15) is 0 Å². The first kappa shape index (κ1) is 11.5. The van der Waals surface area contributed by atoms with Crippen molar-refractivity contribution in [3.8, 4) is 0 Å². The average molecular weight is 224 g/mol. The van der Waals surface area contributed by atoms with E-state index in [2.05, 4.69) is 34.6 Å². The van der Waals surface area contributed by atoms with Crippen LogP contribution in [0.4, 0.5) is 0 Å². The van der Waals surface area contributed by atoms with Crippen molar-refractivity contribution in [1.29, 1.82) is 0 Å². The van der Waals surface area contributed by atoms with Crippen LogP contribution in [-0.4, -0.2) is 0 Å². The fraction of sp³-hybridized carbons (Fsp3) is 0.500. The molecule has 1 aromatic rings. The van der Waals surface area contributed by atoms with Crippen LogP contribution < -0.4 is 0 Å². The molecule has 1 heteroatoms. The second-order valence-corrected chi connectivity index (χ2v) is 3.12. The topological polar surface area (TPSA) is 0 Å². The third-order valence-electron chi connectivity index (χ3n) is 2.81. The molecule has 0 spiro atoms. The largest absolute Gasteiger partial charge is 0.196 e. The summed E-state index contributed by atoms with van der Waals surface area (Å²) in [6.07, 6.45) is 0. The van der Waals surface area contributed by atoms with Crippen LogP contribution in [0.3, 0.4) is 0 Å². The molecule has 0 saturated carbocycles. The number of hydrogen-bond donors (Lipinski definition) is 0. The third kappa shape index (κ3) is 1.79. The Labute approximate surface area is 94.6 Å². The molecule has 0 aromatic heterocycles. The Bertz CT molecular complexity index is 176. The monoisotopic (exact) mass is 224 g/mol. The van der Waals surface area contributed by atoms with Crippen molar-refractivity contribution in [3.05, 3.63) is 27.8 Å². The smallest absolute Gasteiger partial charge is 0 e. The van der Waals surface area contributed by atoms with Crippen LogP contribution in [0.25, 0.3) is 0 Å². The molecule has 1 rings (SSSR count). The molecule has 1 radical (unpaired) electrons. The van der Waals surface area contributed by atoms with Gasteiger partial charge in [-0.1, -0.05) is 34.6 Å². The quantitative estimate of drug-likeness (QED) is 0.594. The van der Waals surface area contributed by atoms with Gasteiger partial charge in [-0.05, 0) is 0 Å². The minimum absolute atomic E-state index is 0. The molecule has 0 nitrogen and oxygen atoms in total. The van der Waals surface area contributed by atoms with E-state index in [1.165, 1.54) is 27.8 Å². The van der Waals surface area contributed by atoms with E-state index in [9.17, 15) is 0 Å². The van der Waals surface area contributed by atoms with Gasteiger partial charge in [-0.2, -0.15) is 27.8 Å². The van der Waals surface area contributed by atoms with E-state index in [1.807, 2.05) is 0 Å². The Morgan fingerprint density at radius 3 is 1.18 bits per heavy atom. The standard InChI is InChI=1S/C10H15.Y/c1-6-7(2)9(4)10(5)8(6)3;/h1-5H3;/q-1;. The molecule has 0 aliphatic carbocycles. The molecule has 0 fully saturated rings. The molecular formula is C10H15Y-. The van der Waals surface area contributed by atoms with Crippen molar-refractivity contribution in [2.24, 2.45) is 0 Å². The first-order valence-corrected chi connectivity index (χ1v) is 3.75. The molecule has 1 aromatic carbocycles. The number of hydrogen-bond acceptors (Lipinski definition) is 0. The minimum atomic E-state index is 0. The van der Waals surface area contributed by atoms with Crippen LogP contribution in [0.1, 0.15) is 27.8 Å². The molecule has 0 heterocycles. The second-order valence-electron chi connectivity index (χ2n) is 3.12. The van der Waals surface area contributed by atoms with Crippen molar-refractivity contribution < 1.29 is 32.7 Å². The fourth-order valence-electron chi connectivity index (χ4n) is 1.41. The summed E-state index contributed by atoms with van der Waals surface area (Å²) >= 11 is 0. The predicted octanol–water partition coefficient (Wildman–Crippen LogP) is 2.95. The van der Waals surface area contributed by atoms with Crippen LogP contribution in [-0.2, 0) is 32.7 Å². The van der Waals surface area contributed by atoms with Crippen molar-refractivity contribution in [1.82, 2.24) is 0 Å². The van der Waals surface area contributed by atoms with Gasteiger partial charge in [-0.25, -0.2) is 0 Å². The van der Waals surface area contributed by atoms with Gasteiger partial charge < -0.3 is 0 Å². The van der Waals surface area contributed by atoms with E-state index in [0.717, 1.165) is 0 Å². The van der Waals surface area contributed by atoms with Gasteiger partial charge in [-0.3, -0.25) is 0 Å². The summed E-state index contributed by atoms with van der Waals surface area (Å²) in [5.41, 5.74) is 7.34. The van der Waals surface area contributed by atoms with Gasteiger partial charge in [0.2, 0.25) is 0 Å². The van der Waals surface area contributed by atoms with Gasteiger partial charge in [0.15, 0.2) is 0 Å². The molecule has 0 unspecified atom stereocenters. The van der Waals surface area contributed by atoms with E-state index in [0.29, 0.717) is 0 Å². The molecule has 0 aliphatic heterocycles. The molecular weight excluding hydrogens is 209 g/mol. The molecule has 0 saturated heterocycles. The Morgan fingerprint density at radius 2 is 1.09 bits per heavy atom. The first-order valence-electron chi connectivity index (χ1n) is 3.75. The maximum Gasteiger partial charge on any atom is 0 e. The summed E-state index contributed by atoms with van der Waals surface area (Å²) in [4.78, 5) is 0. The van der Waals surface area contributed by atoms with E-state index in [1.54, 1.807) is 0 Å². The minimum Gasteiger partial charge on any atom is -0.196 e. The van der Waals surface area contributed by atoms with Crippen LogP contribution in [0, 0.1) is 34.6 Å². The Balaban J connectivity index is 0.000001000. The van der Waals surface area contributed by atoms with E-state index in [-0.39, 0.29) is 32.7 Å². The zero-order valence-electron chi connectivity index (χ0n) is 8.08. The maximum atomic E-state index is 2.20. The van der Waals surface area contributed by atoms with E-state index >= 15 is 0 Å². The zero-order valence-corrected chi connectivity index (χ0v) is 10.9. The van der Waals surface area contributed by atoms with Crippen molar-refractivity contribution in [3.63, 3.8) is 0 Å². The zero-order chi connectivity index (χ0) is 7.89. The fourth-order valence-corrected chi connectivity index (χ4v) is 1.41. The SMILES string of the molecule is Cc1c(C)c(C)[c-](C)c1C.[Y]. The van der Waals surface area contributed by atoms with E-state index < -0.39 is 0 Å². The summed E-state index contributed by atoms with van der Waals surface area (Å²) in [6.45, 7) is 11.0. The van der Waals surface area contributed by atoms with Gasteiger partial charge in [0.05, 0.1) is 0 Å².